The second-order valence-corrected chi connectivity index (χ2v) is 6.03. The molecule has 1 rings (SSSR count). The molecule has 0 fully saturated rings. The Morgan fingerprint density at radius 2 is 1.84 bits per heavy atom. The Hall–Kier alpha value is -1.96. The fourth-order valence-corrected chi connectivity index (χ4v) is 1.96. The molecule has 0 spiro atoms. The second kappa shape index (κ2) is 8.94. The number of halogens is 3. The largest absolute Gasteiger partial charge is 0.497 e. The van der Waals surface area contributed by atoms with Crippen LogP contribution in [0.15, 0.2) is 23.2 Å². The van der Waals surface area contributed by atoms with Crippen molar-refractivity contribution in [1.82, 2.24) is 10.6 Å². The van der Waals surface area contributed by atoms with Crippen LogP contribution in [-0.4, -0.2) is 38.9 Å². The summed E-state index contributed by atoms with van der Waals surface area (Å²) in [6, 6.07) is 3.86. The van der Waals surface area contributed by atoms with Crippen molar-refractivity contribution in [3.63, 3.8) is 0 Å². The number of hydrogen-bond donors (Lipinski definition) is 2. The number of nitrogens with one attached hydrogen (secondary N) is 2. The van der Waals surface area contributed by atoms with Crippen LogP contribution in [0.2, 0.25) is 0 Å². The summed E-state index contributed by atoms with van der Waals surface area (Å²) in [4.78, 5) is 4.25. The van der Waals surface area contributed by atoms with Gasteiger partial charge in [0.15, 0.2) is 5.96 Å². The molecular formula is C17H26F3N3O2. The lowest BCUT2D eigenvalue weighted by atomic mass is 10.1. The van der Waals surface area contributed by atoms with Gasteiger partial charge in [-0.1, -0.05) is 6.07 Å². The highest BCUT2D eigenvalue weighted by molar-refractivity contribution is 5.79. The van der Waals surface area contributed by atoms with Crippen molar-refractivity contribution < 1.29 is 22.6 Å². The summed E-state index contributed by atoms with van der Waals surface area (Å²) in [5, 5.41) is 6.08. The predicted octanol–water partition coefficient (Wildman–Crippen LogP) is 3.19. The van der Waals surface area contributed by atoms with Crippen molar-refractivity contribution in [3.8, 4) is 5.75 Å². The van der Waals surface area contributed by atoms with E-state index in [1.54, 1.807) is 7.11 Å². The second-order valence-electron chi connectivity index (χ2n) is 6.03. The molecule has 0 bridgehead atoms. The molecule has 0 radical (unpaired) electrons. The van der Waals surface area contributed by atoms with Crippen molar-refractivity contribution >= 4 is 5.96 Å². The Labute approximate surface area is 146 Å². The van der Waals surface area contributed by atoms with Crippen LogP contribution in [-0.2, 0) is 17.5 Å². The average molecular weight is 361 g/mol. The standard InChI is InChI=1S/C17H26F3N3O2/c1-6-21-15(23-11-16(2,3)25-5)22-10-12-7-8-13(24-4)9-14(12)17(18,19)20/h7-9H,6,10-11H2,1-5H3,(H2,21,22,23). The highest BCUT2D eigenvalue weighted by atomic mass is 19.4. The van der Waals surface area contributed by atoms with Gasteiger partial charge in [0.05, 0.1) is 24.8 Å². The number of aliphatic imine (C=N–C) groups is 1. The summed E-state index contributed by atoms with van der Waals surface area (Å²) < 4.78 is 49.9. The van der Waals surface area contributed by atoms with Crippen molar-refractivity contribution in [2.45, 2.75) is 39.1 Å². The van der Waals surface area contributed by atoms with E-state index in [0.29, 0.717) is 19.0 Å². The van der Waals surface area contributed by atoms with Crippen LogP contribution in [0.1, 0.15) is 31.9 Å². The fraction of sp³-hybridized carbons (Fsp3) is 0.588. The van der Waals surface area contributed by atoms with Crippen LogP contribution >= 0.6 is 0 Å². The summed E-state index contributed by atoms with van der Waals surface area (Å²) in [6.45, 7) is 6.62. The van der Waals surface area contributed by atoms with Gasteiger partial charge < -0.3 is 20.1 Å². The lowest BCUT2D eigenvalue weighted by Crippen LogP contribution is -2.45. The molecule has 1 aromatic rings. The lowest BCUT2D eigenvalue weighted by molar-refractivity contribution is -0.138. The van der Waals surface area contributed by atoms with Gasteiger partial charge in [-0.15, -0.1) is 0 Å². The first kappa shape index (κ1) is 21.1. The van der Waals surface area contributed by atoms with Crippen molar-refractivity contribution in [2.75, 3.05) is 27.3 Å². The number of alkyl halides is 3. The molecule has 8 heteroatoms. The van der Waals surface area contributed by atoms with Gasteiger partial charge >= 0.3 is 6.18 Å². The number of ether oxygens (including phenoxy) is 2. The fourth-order valence-electron chi connectivity index (χ4n) is 1.96. The SMILES string of the molecule is CCNC(=NCc1ccc(OC)cc1C(F)(F)F)NCC(C)(C)OC. The smallest absolute Gasteiger partial charge is 0.416 e. The molecule has 1 aromatic carbocycles. The Balaban J connectivity index is 2.99. The first-order valence-corrected chi connectivity index (χ1v) is 7.94. The molecule has 0 saturated carbocycles. The van der Waals surface area contributed by atoms with Crippen molar-refractivity contribution in [3.05, 3.63) is 29.3 Å². The summed E-state index contributed by atoms with van der Waals surface area (Å²) in [6.07, 6.45) is -4.47. The Morgan fingerprint density at radius 3 is 2.36 bits per heavy atom. The normalized spacial score (nSPS) is 12.9. The average Bonchev–Trinajstić information content (AvgIpc) is 2.56. The van der Waals surface area contributed by atoms with Gasteiger partial charge in [-0.3, -0.25) is 0 Å². The van der Waals surface area contributed by atoms with E-state index in [9.17, 15) is 13.2 Å². The van der Waals surface area contributed by atoms with Gasteiger partial charge in [0.1, 0.15) is 5.75 Å². The number of hydrogen-bond acceptors (Lipinski definition) is 3. The molecule has 0 atom stereocenters. The maximum atomic E-state index is 13.2. The lowest BCUT2D eigenvalue weighted by Gasteiger charge is -2.24. The van der Waals surface area contributed by atoms with E-state index in [1.807, 2.05) is 20.8 Å². The number of rotatable bonds is 7. The van der Waals surface area contributed by atoms with Gasteiger partial charge in [-0.2, -0.15) is 13.2 Å². The molecule has 2 N–H and O–H groups in total. The van der Waals surface area contributed by atoms with Crippen LogP contribution in [0.4, 0.5) is 13.2 Å². The molecule has 0 saturated heterocycles. The summed E-state index contributed by atoms with van der Waals surface area (Å²) in [7, 11) is 2.93. The predicted molar refractivity (Wildman–Crippen MR) is 91.9 cm³/mol. The molecule has 0 aliphatic heterocycles. The third kappa shape index (κ3) is 6.81. The molecule has 25 heavy (non-hydrogen) atoms. The highest BCUT2D eigenvalue weighted by Gasteiger charge is 2.33. The van der Waals surface area contributed by atoms with Gasteiger partial charge in [-0.25, -0.2) is 4.99 Å². The molecule has 0 aromatic heterocycles. The quantitative estimate of drug-likeness (QED) is 0.579. The number of nitrogens with zero attached hydrogens (tertiary/aromatic N) is 1. The molecule has 0 aliphatic rings. The Kier molecular flexibility index (Phi) is 7.54. The molecule has 0 heterocycles. The number of methoxy groups -OCH3 is 2. The van der Waals surface area contributed by atoms with Gasteiger partial charge in [0.25, 0.3) is 0 Å². The third-order valence-electron chi connectivity index (χ3n) is 3.61. The Bertz CT molecular complexity index is 587. The topological polar surface area (TPSA) is 54.9 Å². The van der Waals surface area contributed by atoms with Crippen LogP contribution in [0.3, 0.4) is 0 Å². The third-order valence-corrected chi connectivity index (χ3v) is 3.61. The monoisotopic (exact) mass is 361 g/mol. The first-order chi connectivity index (χ1) is 11.6. The minimum atomic E-state index is -4.47. The van der Waals surface area contributed by atoms with E-state index in [1.165, 1.54) is 19.2 Å². The zero-order chi connectivity index (χ0) is 19.1. The van der Waals surface area contributed by atoms with Crippen molar-refractivity contribution in [2.24, 2.45) is 4.99 Å². The minimum absolute atomic E-state index is 0.0801. The van der Waals surface area contributed by atoms with E-state index in [2.05, 4.69) is 15.6 Å². The Morgan fingerprint density at radius 1 is 1.16 bits per heavy atom. The van der Waals surface area contributed by atoms with E-state index in [4.69, 9.17) is 9.47 Å². The van der Waals surface area contributed by atoms with Crippen LogP contribution < -0.4 is 15.4 Å². The number of guanidine groups is 1. The maximum Gasteiger partial charge on any atom is 0.416 e. The van der Waals surface area contributed by atoms with E-state index in [0.717, 1.165) is 6.07 Å². The molecule has 0 amide bonds. The van der Waals surface area contributed by atoms with Gasteiger partial charge in [0, 0.05) is 20.2 Å². The molecular weight excluding hydrogens is 335 g/mol. The van der Waals surface area contributed by atoms with Crippen LogP contribution in [0, 0.1) is 0 Å². The molecule has 0 aliphatic carbocycles. The van der Waals surface area contributed by atoms with Crippen LogP contribution in [0.25, 0.3) is 0 Å². The van der Waals surface area contributed by atoms with E-state index >= 15 is 0 Å². The summed E-state index contributed by atoms with van der Waals surface area (Å²) in [5.41, 5.74) is -1.09. The first-order valence-electron chi connectivity index (χ1n) is 7.94. The number of benzene rings is 1. The van der Waals surface area contributed by atoms with Crippen molar-refractivity contribution in [1.29, 1.82) is 0 Å². The molecule has 5 nitrogen and oxygen atoms in total. The maximum absolute atomic E-state index is 13.2. The van der Waals surface area contributed by atoms with E-state index < -0.39 is 17.3 Å². The zero-order valence-electron chi connectivity index (χ0n) is 15.3. The van der Waals surface area contributed by atoms with Crippen LogP contribution in [0.5, 0.6) is 5.75 Å². The molecule has 0 unspecified atom stereocenters. The highest BCUT2D eigenvalue weighted by Crippen LogP contribution is 2.34. The summed E-state index contributed by atoms with van der Waals surface area (Å²) in [5.74, 6) is 0.587. The van der Waals surface area contributed by atoms with E-state index in [-0.39, 0.29) is 17.9 Å². The molecule has 142 valence electrons. The zero-order valence-corrected chi connectivity index (χ0v) is 15.3. The van der Waals surface area contributed by atoms with Gasteiger partial charge in [-0.05, 0) is 38.5 Å². The minimum Gasteiger partial charge on any atom is -0.497 e. The van der Waals surface area contributed by atoms with Gasteiger partial charge in [0.2, 0.25) is 0 Å². The summed E-state index contributed by atoms with van der Waals surface area (Å²) >= 11 is 0.